The lowest BCUT2D eigenvalue weighted by Crippen LogP contribution is -1.91. The van der Waals surface area contributed by atoms with Gasteiger partial charge in [-0.3, -0.25) is 0 Å². The van der Waals surface area contributed by atoms with Gasteiger partial charge in [0.25, 0.3) is 0 Å². The molecule has 0 fully saturated rings. The maximum Gasteiger partial charge on any atom is -0.00199 e. The average Bonchev–Trinajstić information content (AvgIpc) is 2.02. The fraction of sp³-hybridized carbons (Fsp3) is 0.308. The minimum absolute atomic E-state index is 1.13. The van der Waals surface area contributed by atoms with Crippen LogP contribution in [0.3, 0.4) is 0 Å². The molecule has 0 aliphatic rings. The molecule has 0 aliphatic heterocycles. The number of benzene rings is 1. The lowest BCUT2D eigenvalue weighted by atomic mass is 9.95. The van der Waals surface area contributed by atoms with E-state index in [1.54, 1.807) is 0 Å². The van der Waals surface area contributed by atoms with Gasteiger partial charge in [0.1, 0.15) is 0 Å². The van der Waals surface area contributed by atoms with E-state index < -0.39 is 0 Å². The summed E-state index contributed by atoms with van der Waals surface area (Å²) in [5.41, 5.74) is 9.31. The lowest BCUT2D eigenvalue weighted by Gasteiger charge is -2.09. The monoisotopic (exact) mass is 172 g/mol. The molecule has 68 valence electrons. The van der Waals surface area contributed by atoms with Gasteiger partial charge in [0.2, 0.25) is 0 Å². The molecule has 0 saturated heterocycles. The first-order valence-corrected chi connectivity index (χ1v) is 4.51. The van der Waals surface area contributed by atoms with Crippen molar-refractivity contribution >= 4 is 5.57 Å². The number of aryl methyl sites for hydroxylation is 3. The van der Waals surface area contributed by atoms with Gasteiger partial charge in [-0.05, 0) is 50.0 Å². The Labute approximate surface area is 80.6 Å². The van der Waals surface area contributed by atoms with Gasteiger partial charge in [0.15, 0.2) is 0 Å². The van der Waals surface area contributed by atoms with Crippen molar-refractivity contribution < 1.29 is 0 Å². The van der Waals surface area contributed by atoms with Gasteiger partial charge in [0.05, 0.1) is 0 Å². The Hall–Kier alpha value is -1.26. The van der Waals surface area contributed by atoms with E-state index in [2.05, 4.69) is 52.1 Å². The summed E-state index contributed by atoms with van der Waals surface area (Å²) in [5, 5.41) is 0. The van der Waals surface area contributed by atoms with Gasteiger partial charge >= 0.3 is 0 Å². The summed E-state index contributed by atoms with van der Waals surface area (Å²) in [6.45, 7) is 12.1. The molecule has 0 aliphatic carbocycles. The second kappa shape index (κ2) is 3.64. The molecular weight excluding hydrogens is 156 g/mol. The minimum Gasteiger partial charge on any atom is -0.125 e. The van der Waals surface area contributed by atoms with Crippen molar-refractivity contribution in [2.75, 3.05) is 0 Å². The van der Waals surface area contributed by atoms with Gasteiger partial charge in [-0.1, -0.05) is 24.3 Å². The molecule has 0 aromatic heterocycles. The predicted molar refractivity (Wildman–Crippen MR) is 58.9 cm³/mol. The highest BCUT2D eigenvalue weighted by molar-refractivity contribution is 5.68. The standard InChI is InChI=1S/C13H16/c1-6-10(3)13-11(4)7-9(2)8-12(13)5/h7-8H,1H2,2-5H3. The predicted octanol–water partition coefficient (Wildman–Crippen LogP) is 3.80. The van der Waals surface area contributed by atoms with Crippen LogP contribution in [-0.2, 0) is 0 Å². The maximum absolute atomic E-state index is 3.68. The number of rotatable bonds is 1. The molecule has 13 heavy (non-hydrogen) atoms. The van der Waals surface area contributed by atoms with E-state index in [4.69, 9.17) is 0 Å². The Balaban J connectivity index is 3.46. The highest BCUT2D eigenvalue weighted by Crippen LogP contribution is 2.22. The van der Waals surface area contributed by atoms with E-state index >= 15 is 0 Å². The Morgan fingerprint density at radius 2 is 1.62 bits per heavy atom. The zero-order valence-electron chi connectivity index (χ0n) is 8.86. The highest BCUT2D eigenvalue weighted by Gasteiger charge is 2.04. The first-order chi connectivity index (χ1) is 6.06. The van der Waals surface area contributed by atoms with Gasteiger partial charge in [0, 0.05) is 0 Å². The molecule has 0 N–H and O–H groups in total. The van der Waals surface area contributed by atoms with E-state index in [0.29, 0.717) is 0 Å². The molecule has 0 bridgehead atoms. The quantitative estimate of drug-likeness (QED) is 0.565. The van der Waals surface area contributed by atoms with Crippen LogP contribution in [0.25, 0.3) is 5.57 Å². The molecule has 0 amide bonds. The fourth-order valence-corrected chi connectivity index (χ4v) is 1.86. The Morgan fingerprint density at radius 3 is 2.00 bits per heavy atom. The highest BCUT2D eigenvalue weighted by atomic mass is 14.1. The third kappa shape index (κ3) is 1.91. The molecule has 0 radical (unpaired) electrons. The summed E-state index contributed by atoms with van der Waals surface area (Å²) >= 11 is 0. The largest absolute Gasteiger partial charge is 0.125 e. The van der Waals surface area contributed by atoms with Crippen LogP contribution >= 0.6 is 0 Å². The molecule has 0 spiro atoms. The average molecular weight is 172 g/mol. The van der Waals surface area contributed by atoms with Crippen LogP contribution in [-0.4, -0.2) is 0 Å². The third-order valence-electron chi connectivity index (χ3n) is 2.32. The molecule has 1 rings (SSSR count). The molecule has 0 heterocycles. The van der Waals surface area contributed by atoms with E-state index in [1.807, 2.05) is 0 Å². The molecule has 0 nitrogen and oxygen atoms in total. The van der Waals surface area contributed by atoms with Crippen molar-refractivity contribution in [2.24, 2.45) is 0 Å². The van der Waals surface area contributed by atoms with Crippen molar-refractivity contribution in [3.63, 3.8) is 0 Å². The molecule has 1 aromatic rings. The molecule has 0 atom stereocenters. The smallest absolute Gasteiger partial charge is 0.00199 e. The molecule has 0 heteroatoms. The summed E-state index contributed by atoms with van der Waals surface area (Å²) in [4.78, 5) is 0. The zero-order chi connectivity index (χ0) is 10.0. The van der Waals surface area contributed by atoms with Crippen molar-refractivity contribution in [3.8, 4) is 0 Å². The summed E-state index contributed by atoms with van der Waals surface area (Å²) in [7, 11) is 0. The van der Waals surface area contributed by atoms with Crippen LogP contribution < -0.4 is 0 Å². The van der Waals surface area contributed by atoms with Crippen molar-refractivity contribution in [2.45, 2.75) is 27.7 Å². The Bertz CT molecular complexity index is 354. The van der Waals surface area contributed by atoms with E-state index in [-0.39, 0.29) is 0 Å². The third-order valence-corrected chi connectivity index (χ3v) is 2.32. The molecule has 0 saturated carbocycles. The number of hydrogen-bond acceptors (Lipinski definition) is 0. The van der Waals surface area contributed by atoms with Crippen molar-refractivity contribution in [3.05, 3.63) is 46.7 Å². The van der Waals surface area contributed by atoms with E-state index in [9.17, 15) is 0 Å². The van der Waals surface area contributed by atoms with Crippen LogP contribution in [0.15, 0.2) is 24.4 Å². The maximum atomic E-state index is 3.68. The number of allylic oxidation sites excluding steroid dienone is 1. The zero-order valence-corrected chi connectivity index (χ0v) is 8.86. The van der Waals surface area contributed by atoms with E-state index in [1.165, 1.54) is 22.3 Å². The molecular formula is C13H16. The van der Waals surface area contributed by atoms with Crippen LogP contribution in [0.4, 0.5) is 0 Å². The normalized spacial score (nSPS) is 9.54. The van der Waals surface area contributed by atoms with Gasteiger partial charge in [-0.2, -0.15) is 0 Å². The van der Waals surface area contributed by atoms with E-state index in [0.717, 1.165) is 5.57 Å². The fourth-order valence-electron chi connectivity index (χ4n) is 1.86. The van der Waals surface area contributed by atoms with Crippen LogP contribution in [0.2, 0.25) is 0 Å². The van der Waals surface area contributed by atoms with Gasteiger partial charge in [-0.25, -0.2) is 0 Å². The second-order valence-electron chi connectivity index (χ2n) is 3.58. The van der Waals surface area contributed by atoms with Crippen LogP contribution in [0.1, 0.15) is 29.2 Å². The topological polar surface area (TPSA) is 0 Å². The lowest BCUT2D eigenvalue weighted by molar-refractivity contribution is 1.28. The van der Waals surface area contributed by atoms with Crippen molar-refractivity contribution in [1.29, 1.82) is 0 Å². The Kier molecular flexibility index (Phi) is 2.75. The summed E-state index contributed by atoms with van der Waals surface area (Å²) < 4.78 is 0. The number of hydrogen-bond donors (Lipinski definition) is 0. The molecule has 1 aromatic carbocycles. The van der Waals surface area contributed by atoms with Crippen molar-refractivity contribution in [1.82, 2.24) is 0 Å². The summed E-state index contributed by atoms with van der Waals surface area (Å²) in [5.74, 6) is 0. The van der Waals surface area contributed by atoms with Gasteiger partial charge in [-0.15, -0.1) is 5.73 Å². The summed E-state index contributed by atoms with van der Waals surface area (Å²) in [6.07, 6.45) is 0. The summed E-state index contributed by atoms with van der Waals surface area (Å²) in [6, 6.07) is 4.40. The van der Waals surface area contributed by atoms with Crippen LogP contribution in [0, 0.1) is 20.8 Å². The SMILES string of the molecule is C=C=C(C)c1c(C)cc(C)cc1C. The van der Waals surface area contributed by atoms with Crippen LogP contribution in [0.5, 0.6) is 0 Å². The first-order valence-electron chi connectivity index (χ1n) is 4.51. The minimum atomic E-state index is 1.13. The van der Waals surface area contributed by atoms with Gasteiger partial charge < -0.3 is 0 Å². The first kappa shape index (κ1) is 9.83. The Morgan fingerprint density at radius 1 is 1.15 bits per heavy atom. The molecule has 0 unspecified atom stereocenters. The second-order valence-corrected chi connectivity index (χ2v) is 3.58.